The van der Waals surface area contributed by atoms with Gasteiger partial charge in [-0.3, -0.25) is 9.48 Å². The summed E-state index contributed by atoms with van der Waals surface area (Å²) in [7, 11) is 1.81. The van der Waals surface area contributed by atoms with E-state index in [9.17, 15) is 9.18 Å². The summed E-state index contributed by atoms with van der Waals surface area (Å²) in [4.78, 5) is 13.2. The van der Waals surface area contributed by atoms with Gasteiger partial charge in [0.2, 0.25) is 0 Å². The average Bonchev–Trinajstić information content (AvgIpc) is 3.60. The average molecular weight is 463 g/mol. The third kappa shape index (κ3) is 3.58. The van der Waals surface area contributed by atoms with Gasteiger partial charge in [0.1, 0.15) is 11.6 Å². The van der Waals surface area contributed by atoms with Gasteiger partial charge in [0, 0.05) is 36.0 Å². The van der Waals surface area contributed by atoms with Crippen molar-refractivity contribution in [3.8, 4) is 11.1 Å². The van der Waals surface area contributed by atoms with Gasteiger partial charge >= 0.3 is 0 Å². The Hall–Kier alpha value is -3.52. The Morgan fingerprint density at radius 1 is 1.15 bits per heavy atom. The van der Waals surface area contributed by atoms with Gasteiger partial charge in [-0.1, -0.05) is 18.2 Å². The number of aromatic nitrogens is 3. The largest absolute Gasteiger partial charge is 0.373 e. The molecule has 1 N–H and O–H groups in total. The predicted octanol–water partition coefficient (Wildman–Crippen LogP) is 4.42. The molecule has 2 fully saturated rings. The molecule has 6 rings (SSSR count). The molecule has 2 aromatic heterocycles. The highest BCUT2D eigenvalue weighted by atomic mass is 19.1. The molecular weight excluding hydrogens is 438 g/mol. The van der Waals surface area contributed by atoms with E-state index in [4.69, 9.17) is 4.74 Å². The van der Waals surface area contributed by atoms with Crippen molar-refractivity contribution in [1.29, 1.82) is 0 Å². The fourth-order valence-electron chi connectivity index (χ4n) is 5.26. The van der Waals surface area contributed by atoms with Gasteiger partial charge in [-0.25, -0.2) is 8.78 Å². The normalized spacial score (nSPS) is 21.4. The molecular formula is C26H24F2N4O2. The van der Waals surface area contributed by atoms with Gasteiger partial charge in [0.05, 0.1) is 42.1 Å². The number of nitrogens with zero attached hydrogens (tertiary/aromatic N) is 3. The smallest absolute Gasteiger partial charge is 0.253 e. The number of ether oxygens (including phenoxy) is 1. The number of hydrogen-bond donors (Lipinski definition) is 1. The molecule has 34 heavy (non-hydrogen) atoms. The van der Waals surface area contributed by atoms with Crippen molar-refractivity contribution in [3.63, 3.8) is 0 Å². The number of rotatable bonds is 5. The zero-order valence-electron chi connectivity index (χ0n) is 18.7. The predicted molar refractivity (Wildman–Crippen MR) is 123 cm³/mol. The molecule has 4 aromatic rings. The highest BCUT2D eigenvalue weighted by Crippen LogP contribution is 2.35. The topological polar surface area (TPSA) is 61.1 Å². The minimum Gasteiger partial charge on any atom is -0.373 e. The van der Waals surface area contributed by atoms with Gasteiger partial charge in [0.25, 0.3) is 5.91 Å². The lowest BCUT2D eigenvalue weighted by atomic mass is 9.95. The molecule has 174 valence electrons. The molecule has 4 heterocycles. The van der Waals surface area contributed by atoms with Crippen LogP contribution in [-0.4, -0.2) is 38.5 Å². The molecule has 0 aliphatic carbocycles. The van der Waals surface area contributed by atoms with Crippen LogP contribution in [0.2, 0.25) is 0 Å². The van der Waals surface area contributed by atoms with Gasteiger partial charge in [-0.2, -0.15) is 5.10 Å². The molecule has 2 saturated heterocycles. The zero-order valence-corrected chi connectivity index (χ0v) is 18.7. The fraction of sp³-hybridized carbons (Fsp3) is 0.308. The first kappa shape index (κ1) is 21.0. The molecule has 6 nitrogen and oxygen atoms in total. The number of amides is 1. The first-order valence-corrected chi connectivity index (χ1v) is 11.5. The first-order valence-electron chi connectivity index (χ1n) is 11.5. The summed E-state index contributed by atoms with van der Waals surface area (Å²) in [5.74, 6) is -1.18. The summed E-state index contributed by atoms with van der Waals surface area (Å²) in [6, 6.07) is 9.65. The molecule has 0 radical (unpaired) electrons. The molecule has 8 heteroatoms. The second-order valence-corrected chi connectivity index (χ2v) is 9.20. The standard InChI is InChI=1S/C26H24F2N4O2/c1-31-12-17(11-29-31)15-5-6-16(21(28)9-15)13-32-14-19(25-20(27)3-2-4-23(25)32)26(33)30-22-10-18-7-8-24(22)34-18/h2-6,9,11-12,14,18,22,24H,7-8,10,13H2,1H3,(H,30,33). The summed E-state index contributed by atoms with van der Waals surface area (Å²) in [6.45, 7) is 0.170. The Morgan fingerprint density at radius 2 is 2.03 bits per heavy atom. The molecule has 0 saturated carbocycles. The van der Waals surface area contributed by atoms with Gasteiger partial charge < -0.3 is 14.6 Å². The van der Waals surface area contributed by atoms with Crippen molar-refractivity contribution in [2.75, 3.05) is 0 Å². The molecule has 3 unspecified atom stereocenters. The monoisotopic (exact) mass is 462 g/mol. The van der Waals surface area contributed by atoms with Crippen molar-refractivity contribution >= 4 is 16.8 Å². The van der Waals surface area contributed by atoms with E-state index in [1.807, 2.05) is 19.3 Å². The molecule has 0 spiro atoms. The maximum atomic E-state index is 15.0. The van der Waals surface area contributed by atoms with Crippen LogP contribution in [-0.2, 0) is 18.3 Å². The number of nitrogens with one attached hydrogen (secondary N) is 1. The van der Waals surface area contributed by atoms with Gasteiger partial charge in [-0.15, -0.1) is 0 Å². The van der Waals surface area contributed by atoms with Gasteiger partial charge in [0.15, 0.2) is 0 Å². The molecule has 2 bridgehead atoms. The lowest BCUT2D eigenvalue weighted by Gasteiger charge is -2.19. The van der Waals surface area contributed by atoms with Gasteiger partial charge in [-0.05, 0) is 43.0 Å². The van der Waals surface area contributed by atoms with E-state index in [-0.39, 0.29) is 47.5 Å². The maximum absolute atomic E-state index is 15.0. The first-order chi connectivity index (χ1) is 16.5. The number of halogens is 2. The Bertz CT molecular complexity index is 1410. The summed E-state index contributed by atoms with van der Waals surface area (Å²) < 4.78 is 39.1. The SMILES string of the molecule is Cn1cc(-c2ccc(Cn3cc(C(=O)NC4CC5CCC4O5)c4c(F)cccc43)c(F)c2)cn1. The molecule has 2 aliphatic heterocycles. The summed E-state index contributed by atoms with van der Waals surface area (Å²) >= 11 is 0. The van der Waals surface area contributed by atoms with Crippen LogP contribution >= 0.6 is 0 Å². The van der Waals surface area contributed by atoms with Crippen molar-refractivity contribution in [2.45, 2.75) is 44.1 Å². The Balaban J connectivity index is 1.31. The quantitative estimate of drug-likeness (QED) is 0.478. The summed E-state index contributed by atoms with van der Waals surface area (Å²) in [6.07, 6.45) is 8.09. The second kappa shape index (κ2) is 8.06. The minimum atomic E-state index is -0.474. The van der Waals surface area contributed by atoms with Crippen molar-refractivity contribution in [1.82, 2.24) is 19.7 Å². The van der Waals surface area contributed by atoms with Crippen molar-refractivity contribution in [3.05, 3.63) is 77.8 Å². The number of benzene rings is 2. The number of carbonyl (C=O) groups is 1. The Labute approximate surface area is 195 Å². The van der Waals surface area contributed by atoms with Crippen LogP contribution < -0.4 is 5.32 Å². The van der Waals surface area contributed by atoms with Crippen molar-refractivity contribution < 1.29 is 18.3 Å². The zero-order chi connectivity index (χ0) is 23.4. The van der Waals surface area contributed by atoms with Crippen LogP contribution in [0, 0.1) is 11.6 Å². The van der Waals surface area contributed by atoms with E-state index in [2.05, 4.69) is 10.4 Å². The summed E-state index contributed by atoms with van der Waals surface area (Å²) in [5, 5.41) is 7.42. The molecule has 2 aliphatic rings. The van der Waals surface area contributed by atoms with Crippen LogP contribution in [0.5, 0.6) is 0 Å². The highest BCUT2D eigenvalue weighted by molar-refractivity contribution is 6.07. The van der Waals surface area contributed by atoms with E-state index in [0.717, 1.165) is 30.4 Å². The maximum Gasteiger partial charge on any atom is 0.253 e. The Kier molecular flexibility index (Phi) is 4.99. The van der Waals surface area contributed by atoms with E-state index in [1.165, 1.54) is 12.1 Å². The van der Waals surface area contributed by atoms with E-state index >= 15 is 4.39 Å². The molecule has 3 atom stereocenters. The van der Waals surface area contributed by atoms with Crippen LogP contribution in [0.1, 0.15) is 35.2 Å². The fourth-order valence-corrected chi connectivity index (χ4v) is 5.26. The molecule has 1 amide bonds. The third-order valence-corrected chi connectivity index (χ3v) is 6.95. The number of hydrogen-bond acceptors (Lipinski definition) is 3. The van der Waals surface area contributed by atoms with Crippen molar-refractivity contribution in [2.24, 2.45) is 7.05 Å². The highest BCUT2D eigenvalue weighted by Gasteiger charge is 2.41. The number of carbonyl (C=O) groups excluding carboxylic acids is 1. The lowest BCUT2D eigenvalue weighted by Crippen LogP contribution is -2.41. The van der Waals surface area contributed by atoms with E-state index in [1.54, 1.807) is 39.8 Å². The number of fused-ring (bicyclic) bond motifs is 3. The molecule has 2 aromatic carbocycles. The van der Waals surface area contributed by atoms with E-state index in [0.29, 0.717) is 11.1 Å². The summed E-state index contributed by atoms with van der Waals surface area (Å²) in [5.41, 5.74) is 2.80. The third-order valence-electron chi connectivity index (χ3n) is 6.95. The van der Waals surface area contributed by atoms with Crippen LogP contribution in [0.4, 0.5) is 8.78 Å². The second-order valence-electron chi connectivity index (χ2n) is 9.20. The van der Waals surface area contributed by atoms with Crippen LogP contribution in [0.3, 0.4) is 0 Å². The van der Waals surface area contributed by atoms with Crippen LogP contribution in [0.15, 0.2) is 55.0 Å². The Morgan fingerprint density at radius 3 is 2.74 bits per heavy atom. The minimum absolute atomic E-state index is 0.0274. The number of aryl methyl sites for hydroxylation is 1. The lowest BCUT2D eigenvalue weighted by molar-refractivity contribution is 0.0842. The van der Waals surface area contributed by atoms with E-state index < -0.39 is 5.82 Å². The van der Waals surface area contributed by atoms with Crippen LogP contribution in [0.25, 0.3) is 22.0 Å².